The maximum Gasteiger partial charge on any atom is 0.325 e. The highest BCUT2D eigenvalue weighted by Crippen LogP contribution is 2.37. The van der Waals surface area contributed by atoms with Gasteiger partial charge in [0.05, 0.1) is 19.3 Å². The Morgan fingerprint density at radius 1 is 1.17 bits per heavy atom. The molecule has 128 valence electrons. The number of esters is 2. The molecule has 0 aromatic carbocycles. The molecule has 7 nitrogen and oxygen atoms in total. The molecule has 1 aliphatic carbocycles. The molecule has 2 rings (SSSR count). The normalized spacial score (nSPS) is 19.8. The number of nitrogens with zero attached hydrogens (tertiary/aromatic N) is 1. The lowest BCUT2D eigenvalue weighted by molar-refractivity contribution is -0.164. The zero-order valence-electron chi connectivity index (χ0n) is 13.5. The summed E-state index contributed by atoms with van der Waals surface area (Å²) in [7, 11) is 0. The van der Waals surface area contributed by atoms with Crippen molar-refractivity contribution >= 4 is 18.2 Å². The third-order valence-corrected chi connectivity index (χ3v) is 3.87. The van der Waals surface area contributed by atoms with Crippen LogP contribution >= 0.6 is 0 Å². The predicted molar refractivity (Wildman–Crippen MR) is 81.5 cm³/mol. The molecule has 1 heterocycles. The van der Waals surface area contributed by atoms with E-state index in [1.165, 1.54) is 6.21 Å². The number of carbonyl (C=O) groups excluding carboxylic acids is 2. The summed E-state index contributed by atoms with van der Waals surface area (Å²) in [5, 5.41) is 0. The van der Waals surface area contributed by atoms with Crippen molar-refractivity contribution in [2.24, 2.45) is 10.9 Å². The SMILES string of the molecule is CCOC(=O)C(C=NC1CCC2(CC1)OC=CO2)C(=O)OCC. The fourth-order valence-electron chi connectivity index (χ4n) is 2.65. The number of carbonyl (C=O) groups is 2. The van der Waals surface area contributed by atoms with E-state index in [0.29, 0.717) is 12.8 Å². The van der Waals surface area contributed by atoms with Gasteiger partial charge in [-0.05, 0) is 26.7 Å². The van der Waals surface area contributed by atoms with E-state index in [-0.39, 0.29) is 19.3 Å². The Hall–Kier alpha value is -2.05. The molecule has 0 aromatic rings. The summed E-state index contributed by atoms with van der Waals surface area (Å²) in [6, 6.07) is 0.0276. The second-order valence-electron chi connectivity index (χ2n) is 5.43. The van der Waals surface area contributed by atoms with E-state index in [9.17, 15) is 9.59 Å². The molecule has 0 atom stereocenters. The van der Waals surface area contributed by atoms with E-state index < -0.39 is 23.6 Å². The highest BCUT2D eigenvalue weighted by molar-refractivity contribution is 6.09. The van der Waals surface area contributed by atoms with Gasteiger partial charge in [0.1, 0.15) is 12.5 Å². The second-order valence-corrected chi connectivity index (χ2v) is 5.43. The number of ether oxygens (including phenoxy) is 4. The molecule has 2 aliphatic rings. The molecule has 0 N–H and O–H groups in total. The van der Waals surface area contributed by atoms with Crippen LogP contribution in [0.15, 0.2) is 17.5 Å². The number of rotatable bonds is 6. The first-order chi connectivity index (χ1) is 11.1. The molecule has 1 fully saturated rings. The van der Waals surface area contributed by atoms with Crippen LogP contribution in [0, 0.1) is 5.92 Å². The Kier molecular flexibility index (Phi) is 6.01. The van der Waals surface area contributed by atoms with E-state index in [1.807, 2.05) is 0 Å². The molecule has 0 radical (unpaired) electrons. The van der Waals surface area contributed by atoms with Crippen molar-refractivity contribution in [3.05, 3.63) is 12.5 Å². The highest BCUT2D eigenvalue weighted by Gasteiger charge is 2.40. The first-order valence-electron chi connectivity index (χ1n) is 7.97. The summed E-state index contributed by atoms with van der Waals surface area (Å²) in [6.45, 7) is 3.79. The van der Waals surface area contributed by atoms with Crippen LogP contribution in [0.3, 0.4) is 0 Å². The Morgan fingerprint density at radius 3 is 2.17 bits per heavy atom. The smallest absolute Gasteiger partial charge is 0.325 e. The van der Waals surface area contributed by atoms with E-state index in [4.69, 9.17) is 18.9 Å². The monoisotopic (exact) mass is 325 g/mol. The van der Waals surface area contributed by atoms with Crippen molar-refractivity contribution in [1.29, 1.82) is 0 Å². The minimum Gasteiger partial charge on any atom is -0.465 e. The minimum atomic E-state index is -1.11. The standard InChI is InChI=1S/C16H23NO6/c1-3-20-14(18)13(15(19)21-4-2)11-17-12-5-7-16(8-6-12)22-9-10-23-16/h9-13H,3-8H2,1-2H3. The van der Waals surface area contributed by atoms with Gasteiger partial charge in [-0.15, -0.1) is 0 Å². The lowest BCUT2D eigenvalue weighted by Gasteiger charge is -2.33. The quantitative estimate of drug-likeness (QED) is 0.422. The van der Waals surface area contributed by atoms with Gasteiger partial charge in [-0.1, -0.05) is 0 Å². The van der Waals surface area contributed by atoms with Crippen molar-refractivity contribution < 1.29 is 28.5 Å². The highest BCUT2D eigenvalue weighted by atomic mass is 16.7. The molecule has 1 saturated carbocycles. The Bertz CT molecular complexity index is 451. The van der Waals surface area contributed by atoms with E-state index in [0.717, 1.165) is 12.8 Å². The summed E-state index contributed by atoms with van der Waals surface area (Å²) in [4.78, 5) is 28.1. The van der Waals surface area contributed by atoms with Crippen molar-refractivity contribution in [1.82, 2.24) is 0 Å². The molecule has 0 saturated heterocycles. The fraction of sp³-hybridized carbons (Fsp3) is 0.688. The van der Waals surface area contributed by atoms with Crippen LogP contribution in [0.4, 0.5) is 0 Å². The first kappa shape index (κ1) is 17.3. The second kappa shape index (κ2) is 7.99. The molecule has 1 aliphatic heterocycles. The van der Waals surface area contributed by atoms with Gasteiger partial charge in [0, 0.05) is 19.1 Å². The molecule has 7 heteroatoms. The summed E-state index contributed by atoms with van der Waals surface area (Å²) in [6.07, 6.45) is 7.42. The molecule has 23 heavy (non-hydrogen) atoms. The van der Waals surface area contributed by atoms with Gasteiger partial charge < -0.3 is 18.9 Å². The summed E-state index contributed by atoms with van der Waals surface area (Å²) in [5.41, 5.74) is 0. The van der Waals surface area contributed by atoms with Gasteiger partial charge in [-0.2, -0.15) is 0 Å². The molecular weight excluding hydrogens is 302 g/mol. The largest absolute Gasteiger partial charge is 0.465 e. The lowest BCUT2D eigenvalue weighted by atomic mass is 9.90. The predicted octanol–water partition coefficient (Wildman–Crippen LogP) is 1.96. The lowest BCUT2D eigenvalue weighted by Crippen LogP contribution is -2.36. The van der Waals surface area contributed by atoms with Gasteiger partial charge in [-0.25, -0.2) is 0 Å². The Balaban J connectivity index is 1.92. The van der Waals surface area contributed by atoms with Crippen molar-refractivity contribution in [2.45, 2.75) is 51.4 Å². The van der Waals surface area contributed by atoms with Crippen LogP contribution in [0.5, 0.6) is 0 Å². The van der Waals surface area contributed by atoms with Crippen molar-refractivity contribution in [3.8, 4) is 0 Å². The average molecular weight is 325 g/mol. The topological polar surface area (TPSA) is 83.4 Å². The van der Waals surface area contributed by atoms with Crippen LogP contribution in [0.25, 0.3) is 0 Å². The van der Waals surface area contributed by atoms with Crippen LogP contribution in [0.2, 0.25) is 0 Å². The van der Waals surface area contributed by atoms with E-state index >= 15 is 0 Å². The number of hydrogen-bond donors (Lipinski definition) is 0. The van der Waals surface area contributed by atoms with E-state index in [1.54, 1.807) is 26.4 Å². The van der Waals surface area contributed by atoms with Crippen molar-refractivity contribution in [3.63, 3.8) is 0 Å². The van der Waals surface area contributed by atoms with E-state index in [2.05, 4.69) is 4.99 Å². The van der Waals surface area contributed by atoms with Gasteiger partial charge in [-0.3, -0.25) is 14.6 Å². The van der Waals surface area contributed by atoms with Crippen LogP contribution in [0.1, 0.15) is 39.5 Å². The molecular formula is C16H23NO6. The zero-order valence-corrected chi connectivity index (χ0v) is 13.5. The van der Waals surface area contributed by atoms with Gasteiger partial charge in [0.25, 0.3) is 0 Å². The van der Waals surface area contributed by atoms with Crippen LogP contribution < -0.4 is 0 Å². The van der Waals surface area contributed by atoms with Crippen LogP contribution in [-0.2, 0) is 28.5 Å². The summed E-state index contributed by atoms with van der Waals surface area (Å²) in [5.74, 6) is -2.91. The van der Waals surface area contributed by atoms with Gasteiger partial charge in [0.2, 0.25) is 5.79 Å². The van der Waals surface area contributed by atoms with Gasteiger partial charge in [0.15, 0.2) is 5.92 Å². The summed E-state index contributed by atoms with van der Waals surface area (Å²) >= 11 is 0. The summed E-state index contributed by atoms with van der Waals surface area (Å²) < 4.78 is 20.8. The third-order valence-electron chi connectivity index (χ3n) is 3.87. The van der Waals surface area contributed by atoms with Gasteiger partial charge >= 0.3 is 11.9 Å². The Labute approximate surface area is 135 Å². The van der Waals surface area contributed by atoms with Crippen LogP contribution in [-0.4, -0.2) is 43.2 Å². The molecule has 0 amide bonds. The number of aliphatic imine (C=N–C) groups is 1. The minimum absolute atomic E-state index is 0.0276. The molecule has 1 spiro atoms. The molecule has 0 aromatic heterocycles. The first-order valence-corrected chi connectivity index (χ1v) is 7.97. The maximum atomic E-state index is 11.9. The fourth-order valence-corrected chi connectivity index (χ4v) is 2.65. The number of hydrogen-bond acceptors (Lipinski definition) is 7. The average Bonchev–Trinajstić information content (AvgIpc) is 2.98. The molecule has 0 unspecified atom stereocenters. The molecule has 0 bridgehead atoms. The Morgan fingerprint density at radius 2 is 1.70 bits per heavy atom. The van der Waals surface area contributed by atoms with Crippen molar-refractivity contribution in [2.75, 3.05) is 13.2 Å². The third kappa shape index (κ3) is 4.46. The zero-order chi connectivity index (χ0) is 16.7. The maximum absolute atomic E-state index is 11.9.